The fourth-order valence-electron chi connectivity index (χ4n) is 2.41. The van der Waals surface area contributed by atoms with Crippen molar-refractivity contribution in [2.24, 2.45) is 0 Å². The number of anilines is 2. The summed E-state index contributed by atoms with van der Waals surface area (Å²) < 4.78 is 30.3. The minimum atomic E-state index is -4.38. The van der Waals surface area contributed by atoms with E-state index in [1.54, 1.807) is 26.0 Å². The van der Waals surface area contributed by atoms with Gasteiger partial charge >= 0.3 is 13.6 Å². The van der Waals surface area contributed by atoms with Gasteiger partial charge in [0.1, 0.15) is 11.6 Å². The Labute approximate surface area is 149 Å². The number of rotatable bonds is 7. The molecule has 0 saturated heterocycles. The second kappa shape index (κ2) is 7.86. The molecule has 0 heterocycles. The van der Waals surface area contributed by atoms with Crippen molar-refractivity contribution in [3.05, 3.63) is 52.8 Å². The molecule has 0 saturated carbocycles. The summed E-state index contributed by atoms with van der Waals surface area (Å²) in [7, 11) is -4.38. The number of carbonyl (C=O) groups is 1. The maximum Gasteiger partial charge on any atom is 0.362 e. The third-order valence-electron chi connectivity index (χ3n) is 3.61. The Morgan fingerprint density at radius 2 is 1.92 bits per heavy atom. The van der Waals surface area contributed by atoms with Crippen LogP contribution in [0, 0.1) is 19.7 Å². The molecule has 0 aliphatic heterocycles. The predicted molar refractivity (Wildman–Crippen MR) is 94.5 cm³/mol. The van der Waals surface area contributed by atoms with E-state index >= 15 is 0 Å². The van der Waals surface area contributed by atoms with Crippen LogP contribution in [-0.4, -0.2) is 27.2 Å². The van der Waals surface area contributed by atoms with Crippen molar-refractivity contribution in [2.45, 2.75) is 20.3 Å². The molecule has 2 rings (SSSR count). The van der Waals surface area contributed by atoms with Gasteiger partial charge < -0.3 is 24.9 Å². The van der Waals surface area contributed by atoms with Crippen LogP contribution in [0.25, 0.3) is 0 Å². The Bertz CT molecular complexity index is 860. The van der Waals surface area contributed by atoms with E-state index in [4.69, 9.17) is 19.6 Å². The topological polar surface area (TPSA) is 116 Å². The van der Waals surface area contributed by atoms with Crippen molar-refractivity contribution in [3.63, 3.8) is 0 Å². The van der Waals surface area contributed by atoms with Crippen LogP contribution >= 0.6 is 7.60 Å². The fourth-order valence-corrected chi connectivity index (χ4v) is 2.71. The lowest BCUT2D eigenvalue weighted by Crippen LogP contribution is -2.07. The molecule has 0 unspecified atom stereocenters. The van der Waals surface area contributed by atoms with Crippen LogP contribution in [0.5, 0.6) is 5.75 Å². The maximum atomic E-state index is 14.1. The van der Waals surface area contributed by atoms with Gasteiger partial charge in [-0.1, -0.05) is 12.1 Å². The molecule has 0 radical (unpaired) electrons. The molecule has 0 aliphatic rings. The highest BCUT2D eigenvalue weighted by atomic mass is 31.2. The first-order valence-electron chi connectivity index (χ1n) is 7.61. The van der Waals surface area contributed by atoms with E-state index in [-0.39, 0.29) is 23.5 Å². The van der Waals surface area contributed by atoms with Crippen LogP contribution in [0.3, 0.4) is 0 Å². The molecule has 0 bridgehead atoms. The average Bonchev–Trinajstić information content (AvgIpc) is 2.50. The van der Waals surface area contributed by atoms with Crippen LogP contribution in [0.4, 0.5) is 15.8 Å². The van der Waals surface area contributed by atoms with Gasteiger partial charge in [0.05, 0.1) is 12.1 Å². The first kappa shape index (κ1) is 19.9. The standard InChI is InChI=1S/C17H19FNO6P/c1-10-4-3-5-13(18)17(10)19-14-8-15(25-9-26(22,23)24)11(2)6-12(14)7-16(20)21/h3-6,8,19H,7,9H2,1-2H3,(H,20,21)(H2,22,23,24). The highest BCUT2D eigenvalue weighted by molar-refractivity contribution is 7.51. The summed E-state index contributed by atoms with van der Waals surface area (Å²) in [6.07, 6.45) is -1.13. The van der Waals surface area contributed by atoms with E-state index in [1.807, 2.05) is 0 Å². The molecule has 26 heavy (non-hydrogen) atoms. The molecule has 0 fully saturated rings. The van der Waals surface area contributed by atoms with Gasteiger partial charge in [-0.15, -0.1) is 0 Å². The molecular weight excluding hydrogens is 364 g/mol. The number of carboxylic acids is 1. The van der Waals surface area contributed by atoms with E-state index in [2.05, 4.69) is 5.32 Å². The second-order valence-electron chi connectivity index (χ2n) is 5.84. The van der Waals surface area contributed by atoms with Crippen molar-refractivity contribution in [1.82, 2.24) is 0 Å². The number of nitrogens with one attached hydrogen (secondary N) is 1. The molecule has 7 nitrogen and oxygen atoms in total. The molecule has 9 heteroatoms. The van der Waals surface area contributed by atoms with Crippen LogP contribution in [0.2, 0.25) is 0 Å². The number of benzene rings is 2. The minimum Gasteiger partial charge on any atom is -0.481 e. The summed E-state index contributed by atoms with van der Waals surface area (Å²) in [5.74, 6) is -1.41. The summed E-state index contributed by atoms with van der Waals surface area (Å²) in [6, 6.07) is 7.46. The van der Waals surface area contributed by atoms with Crippen LogP contribution in [0.15, 0.2) is 30.3 Å². The molecule has 0 atom stereocenters. The molecular formula is C17H19FNO6P. The first-order chi connectivity index (χ1) is 12.1. The number of hydrogen-bond donors (Lipinski definition) is 4. The smallest absolute Gasteiger partial charge is 0.362 e. The van der Waals surface area contributed by atoms with Gasteiger partial charge in [0.15, 0.2) is 6.35 Å². The summed E-state index contributed by atoms with van der Waals surface area (Å²) in [6.45, 7) is 3.32. The Hall–Kier alpha value is -2.41. The highest BCUT2D eigenvalue weighted by Gasteiger charge is 2.18. The Morgan fingerprint density at radius 3 is 2.50 bits per heavy atom. The zero-order valence-electron chi connectivity index (χ0n) is 14.2. The van der Waals surface area contributed by atoms with Gasteiger partial charge in [-0.2, -0.15) is 0 Å². The number of aryl methyl sites for hydroxylation is 2. The van der Waals surface area contributed by atoms with E-state index < -0.39 is 25.7 Å². The molecule has 140 valence electrons. The molecule has 0 amide bonds. The number of carboxylic acid groups (broad SMARTS) is 1. The Morgan fingerprint density at radius 1 is 1.23 bits per heavy atom. The molecule has 0 aliphatic carbocycles. The lowest BCUT2D eigenvalue weighted by atomic mass is 10.0. The minimum absolute atomic E-state index is 0.166. The number of aliphatic carboxylic acids is 1. The Kier molecular flexibility index (Phi) is 6.02. The van der Waals surface area contributed by atoms with Gasteiger partial charge in [0, 0.05) is 11.8 Å². The van der Waals surface area contributed by atoms with E-state index in [0.29, 0.717) is 16.7 Å². The van der Waals surface area contributed by atoms with Crippen LogP contribution in [0.1, 0.15) is 16.7 Å². The zero-order chi connectivity index (χ0) is 19.5. The normalized spacial score (nSPS) is 11.3. The van der Waals surface area contributed by atoms with Crippen molar-refractivity contribution in [3.8, 4) is 5.75 Å². The molecule has 0 spiro atoms. The van der Waals surface area contributed by atoms with Crippen molar-refractivity contribution < 1.29 is 33.4 Å². The van der Waals surface area contributed by atoms with Crippen molar-refractivity contribution in [2.75, 3.05) is 11.7 Å². The van der Waals surface area contributed by atoms with Gasteiger partial charge in [0.25, 0.3) is 0 Å². The predicted octanol–water partition coefficient (Wildman–Crippen LogP) is 3.33. The summed E-state index contributed by atoms with van der Waals surface area (Å²) in [5, 5.41) is 12.0. The van der Waals surface area contributed by atoms with E-state index in [1.165, 1.54) is 18.2 Å². The molecule has 2 aromatic rings. The fraction of sp³-hybridized carbons (Fsp3) is 0.235. The number of hydrogen-bond acceptors (Lipinski definition) is 4. The number of para-hydroxylation sites is 1. The number of ether oxygens (including phenoxy) is 1. The molecule has 2 aromatic carbocycles. The van der Waals surface area contributed by atoms with E-state index in [0.717, 1.165) is 0 Å². The largest absolute Gasteiger partial charge is 0.481 e. The summed E-state index contributed by atoms with van der Waals surface area (Å²) in [5.41, 5.74) is 1.98. The van der Waals surface area contributed by atoms with Crippen LogP contribution < -0.4 is 10.1 Å². The quantitative estimate of drug-likeness (QED) is 0.542. The van der Waals surface area contributed by atoms with Gasteiger partial charge in [-0.25, -0.2) is 4.39 Å². The highest BCUT2D eigenvalue weighted by Crippen LogP contribution is 2.37. The maximum absolute atomic E-state index is 14.1. The van der Waals surface area contributed by atoms with Gasteiger partial charge in [-0.3, -0.25) is 9.36 Å². The monoisotopic (exact) mass is 383 g/mol. The van der Waals surface area contributed by atoms with Gasteiger partial charge in [-0.05, 0) is 42.7 Å². The van der Waals surface area contributed by atoms with Crippen molar-refractivity contribution in [1.29, 1.82) is 0 Å². The lowest BCUT2D eigenvalue weighted by molar-refractivity contribution is -0.136. The first-order valence-corrected chi connectivity index (χ1v) is 9.41. The molecule has 4 N–H and O–H groups in total. The SMILES string of the molecule is Cc1cc(CC(=O)O)c(Nc2c(C)cccc2F)cc1OCP(=O)(O)O. The average molecular weight is 383 g/mol. The Balaban J connectivity index is 2.46. The third-order valence-corrected chi connectivity index (χ3v) is 4.08. The van der Waals surface area contributed by atoms with Crippen LogP contribution in [-0.2, 0) is 15.8 Å². The van der Waals surface area contributed by atoms with Gasteiger partial charge in [0.2, 0.25) is 0 Å². The molecule has 0 aromatic heterocycles. The lowest BCUT2D eigenvalue weighted by Gasteiger charge is -2.18. The van der Waals surface area contributed by atoms with Crippen molar-refractivity contribution >= 4 is 24.9 Å². The summed E-state index contributed by atoms with van der Waals surface area (Å²) >= 11 is 0. The van der Waals surface area contributed by atoms with E-state index in [9.17, 15) is 13.8 Å². The summed E-state index contributed by atoms with van der Waals surface area (Å²) in [4.78, 5) is 29.1. The number of halogens is 1. The zero-order valence-corrected chi connectivity index (χ0v) is 15.1. The third kappa shape index (κ3) is 5.29. The second-order valence-corrected chi connectivity index (χ2v) is 7.43.